The number of aromatic nitrogens is 2. The van der Waals surface area contributed by atoms with Gasteiger partial charge in [0.2, 0.25) is 11.9 Å². The Balaban J connectivity index is 2.43. The first kappa shape index (κ1) is 20.0. The minimum atomic E-state index is -4.26. The van der Waals surface area contributed by atoms with Gasteiger partial charge in [0.1, 0.15) is 11.4 Å². The lowest BCUT2D eigenvalue weighted by atomic mass is 9.98. The lowest BCUT2D eigenvalue weighted by Crippen LogP contribution is -2.48. The van der Waals surface area contributed by atoms with Crippen LogP contribution < -0.4 is 22.5 Å². The quantitative estimate of drug-likeness (QED) is 0.599. The summed E-state index contributed by atoms with van der Waals surface area (Å²) in [7, 11) is 0. The van der Waals surface area contributed by atoms with Crippen LogP contribution in [0.2, 0.25) is 0 Å². The number of aliphatic imine (C=N–C) groups is 1. The Morgan fingerprint density at radius 1 is 1.12 bits per heavy atom. The van der Waals surface area contributed by atoms with Crippen LogP contribution >= 0.6 is 0 Å². The first-order valence-electron chi connectivity index (χ1n) is 8.50. The van der Waals surface area contributed by atoms with Crippen LogP contribution in [-0.2, 0) is 5.66 Å². The predicted molar refractivity (Wildman–Crippen MR) is 95.2 cm³/mol. The molecule has 0 fully saturated rings. The summed E-state index contributed by atoms with van der Waals surface area (Å²) in [6, 6.07) is 0. The van der Waals surface area contributed by atoms with Crippen LogP contribution in [0.5, 0.6) is 0 Å². The summed E-state index contributed by atoms with van der Waals surface area (Å²) in [6.07, 6.45) is -3.46. The number of nitrogens with one attached hydrogen (secondary N) is 1. The molecule has 1 aromatic rings. The highest BCUT2D eigenvalue weighted by atomic mass is 19.4. The second-order valence-electron chi connectivity index (χ2n) is 6.28. The second-order valence-corrected chi connectivity index (χ2v) is 6.28. The largest absolute Gasteiger partial charge is 0.390 e. The number of nitrogens with two attached hydrogens (primary N) is 3. The van der Waals surface area contributed by atoms with Gasteiger partial charge in [-0.3, -0.25) is 0 Å². The van der Waals surface area contributed by atoms with Gasteiger partial charge in [0.15, 0.2) is 11.5 Å². The fourth-order valence-corrected chi connectivity index (χ4v) is 2.87. The van der Waals surface area contributed by atoms with Gasteiger partial charge in [0.05, 0.1) is 6.42 Å². The van der Waals surface area contributed by atoms with Crippen LogP contribution in [0, 0.1) is 0 Å². The van der Waals surface area contributed by atoms with Crippen molar-refractivity contribution in [1.29, 1.82) is 0 Å². The van der Waals surface area contributed by atoms with Crippen LogP contribution in [0.25, 0.3) is 0 Å². The van der Waals surface area contributed by atoms with E-state index in [1.807, 2.05) is 13.8 Å². The van der Waals surface area contributed by atoms with Crippen molar-refractivity contribution in [3.05, 3.63) is 5.69 Å². The summed E-state index contributed by atoms with van der Waals surface area (Å²) >= 11 is 0. The molecule has 0 saturated heterocycles. The molecule has 1 aliphatic rings. The van der Waals surface area contributed by atoms with Gasteiger partial charge in [-0.25, -0.2) is 9.98 Å². The normalized spacial score (nSPS) is 19.5. The van der Waals surface area contributed by atoms with Gasteiger partial charge in [-0.1, -0.05) is 20.3 Å². The number of rotatable bonds is 6. The minimum absolute atomic E-state index is 0.0323. The molecule has 0 radical (unpaired) electrons. The number of alkyl halides is 3. The van der Waals surface area contributed by atoms with Crippen molar-refractivity contribution < 1.29 is 13.2 Å². The average molecular weight is 374 g/mol. The van der Waals surface area contributed by atoms with Crippen LogP contribution in [-0.4, -0.2) is 40.1 Å². The van der Waals surface area contributed by atoms with Gasteiger partial charge < -0.3 is 27.4 Å². The van der Waals surface area contributed by atoms with Crippen molar-refractivity contribution in [2.45, 2.75) is 51.4 Å². The molecular formula is C15H25F3N8. The molecular weight excluding hydrogens is 349 g/mol. The summed E-state index contributed by atoms with van der Waals surface area (Å²) in [5.41, 5.74) is 17.5. The summed E-state index contributed by atoms with van der Waals surface area (Å²) in [5.74, 6) is 0.285. The number of nitrogens with zero attached hydrogens (tertiary/aromatic N) is 4. The van der Waals surface area contributed by atoms with E-state index in [4.69, 9.17) is 17.2 Å². The Kier molecular flexibility index (Phi) is 5.79. The molecule has 0 amide bonds. The molecule has 11 heteroatoms. The van der Waals surface area contributed by atoms with E-state index in [9.17, 15) is 13.2 Å². The number of halogens is 3. The molecule has 2 heterocycles. The Morgan fingerprint density at radius 3 is 2.38 bits per heavy atom. The number of nitrogen functional groups attached to an aromatic ring is 2. The molecule has 146 valence electrons. The molecule has 1 atom stereocenters. The summed E-state index contributed by atoms with van der Waals surface area (Å²) in [6.45, 7) is 3.94. The molecule has 0 aliphatic carbocycles. The minimum Gasteiger partial charge on any atom is -0.382 e. The van der Waals surface area contributed by atoms with Crippen LogP contribution in [0.1, 0.15) is 45.2 Å². The van der Waals surface area contributed by atoms with E-state index in [2.05, 4.69) is 20.3 Å². The summed E-state index contributed by atoms with van der Waals surface area (Å²) < 4.78 is 38.0. The molecule has 1 unspecified atom stereocenters. The zero-order valence-electron chi connectivity index (χ0n) is 14.9. The van der Waals surface area contributed by atoms with Gasteiger partial charge in [0, 0.05) is 13.1 Å². The third kappa shape index (κ3) is 4.45. The van der Waals surface area contributed by atoms with E-state index in [0.29, 0.717) is 37.2 Å². The van der Waals surface area contributed by atoms with Crippen LogP contribution in [0.3, 0.4) is 0 Å². The van der Waals surface area contributed by atoms with Gasteiger partial charge in [-0.15, -0.1) is 0 Å². The number of anilines is 3. The number of fused-ring (bicyclic) bond motifs is 1. The summed E-state index contributed by atoms with van der Waals surface area (Å²) in [4.78, 5) is 14.1. The molecule has 0 bridgehead atoms. The third-order valence-corrected chi connectivity index (χ3v) is 4.00. The van der Waals surface area contributed by atoms with Gasteiger partial charge in [-0.05, 0) is 12.8 Å². The van der Waals surface area contributed by atoms with Crippen molar-refractivity contribution in [3.63, 3.8) is 0 Å². The van der Waals surface area contributed by atoms with Gasteiger partial charge in [0.25, 0.3) is 0 Å². The Bertz CT molecular complexity index is 676. The van der Waals surface area contributed by atoms with E-state index in [1.165, 1.54) is 4.90 Å². The van der Waals surface area contributed by atoms with Crippen molar-refractivity contribution in [2.24, 2.45) is 10.7 Å². The average Bonchev–Trinajstić information content (AvgIpc) is 2.51. The molecule has 2 rings (SSSR count). The molecule has 1 aromatic heterocycles. The third-order valence-electron chi connectivity index (χ3n) is 4.00. The maximum atomic E-state index is 12.7. The van der Waals surface area contributed by atoms with Crippen molar-refractivity contribution in [3.8, 4) is 0 Å². The number of hydrogen-bond acceptors (Lipinski definition) is 8. The van der Waals surface area contributed by atoms with Crippen molar-refractivity contribution in [2.75, 3.05) is 29.9 Å². The highest BCUT2D eigenvalue weighted by Gasteiger charge is 2.38. The standard InChI is InChI=1S/C15H25F3N8/c1-3-5-14(21)10-9(11(19)24-12(20)23-10)22-13(25-14)26(7-4-2)8-6-15(16,17)18/h3-8,21H2,1-2H3,(H,22,25)(H4,19,20,23,24). The lowest BCUT2D eigenvalue weighted by molar-refractivity contribution is -0.136. The number of guanidine groups is 1. The van der Waals surface area contributed by atoms with E-state index in [0.717, 1.165) is 0 Å². The maximum Gasteiger partial charge on any atom is 0.390 e. The Hall–Kier alpha value is -2.30. The molecule has 0 aromatic carbocycles. The smallest absolute Gasteiger partial charge is 0.382 e. The second kappa shape index (κ2) is 7.52. The number of hydrogen-bond donors (Lipinski definition) is 4. The first-order valence-corrected chi connectivity index (χ1v) is 8.50. The lowest BCUT2D eigenvalue weighted by Gasteiger charge is -2.36. The van der Waals surface area contributed by atoms with E-state index in [1.54, 1.807) is 0 Å². The predicted octanol–water partition coefficient (Wildman–Crippen LogP) is 2.00. The molecule has 0 spiro atoms. The Labute approximate surface area is 150 Å². The van der Waals surface area contributed by atoms with Crippen LogP contribution in [0.4, 0.5) is 30.6 Å². The fraction of sp³-hybridized carbons (Fsp3) is 0.667. The zero-order chi connectivity index (χ0) is 19.5. The van der Waals surface area contributed by atoms with Gasteiger partial charge >= 0.3 is 6.18 Å². The Morgan fingerprint density at radius 2 is 1.81 bits per heavy atom. The first-order chi connectivity index (χ1) is 12.1. The van der Waals surface area contributed by atoms with E-state index >= 15 is 0 Å². The molecule has 1 aliphatic heterocycles. The van der Waals surface area contributed by atoms with E-state index < -0.39 is 18.3 Å². The molecule has 26 heavy (non-hydrogen) atoms. The highest BCUT2D eigenvalue weighted by molar-refractivity contribution is 5.99. The highest BCUT2D eigenvalue weighted by Crippen LogP contribution is 2.37. The fourth-order valence-electron chi connectivity index (χ4n) is 2.87. The molecule has 0 saturated carbocycles. The van der Waals surface area contributed by atoms with Crippen molar-refractivity contribution >= 4 is 23.4 Å². The van der Waals surface area contributed by atoms with Gasteiger partial charge in [-0.2, -0.15) is 18.2 Å². The maximum absolute atomic E-state index is 12.7. The van der Waals surface area contributed by atoms with E-state index in [-0.39, 0.29) is 24.3 Å². The monoisotopic (exact) mass is 374 g/mol. The molecule has 7 N–H and O–H groups in total. The van der Waals surface area contributed by atoms with Crippen molar-refractivity contribution in [1.82, 2.24) is 14.9 Å². The van der Waals surface area contributed by atoms with Crippen LogP contribution in [0.15, 0.2) is 4.99 Å². The topological polar surface area (TPSA) is 131 Å². The summed E-state index contributed by atoms with van der Waals surface area (Å²) in [5, 5.41) is 2.95. The zero-order valence-corrected chi connectivity index (χ0v) is 14.9. The molecule has 8 nitrogen and oxygen atoms in total. The SMILES string of the molecule is CCCN(CCC(F)(F)F)C1=NC(N)(CCC)c2nc(N)nc(N)c2N1.